The minimum atomic E-state index is 0. The second-order valence-corrected chi connectivity index (χ2v) is 3.67. The van der Waals surface area contributed by atoms with Crippen LogP contribution in [-0.2, 0) is 0 Å². The van der Waals surface area contributed by atoms with Crippen molar-refractivity contribution in [2.45, 2.75) is 39.2 Å². The van der Waals surface area contributed by atoms with Crippen molar-refractivity contribution in [1.82, 2.24) is 0 Å². The molecule has 1 atom stereocenters. The highest BCUT2D eigenvalue weighted by molar-refractivity contribution is 5.85. The van der Waals surface area contributed by atoms with E-state index < -0.39 is 0 Å². The fourth-order valence-corrected chi connectivity index (χ4v) is 1.49. The van der Waals surface area contributed by atoms with Crippen LogP contribution in [0.2, 0.25) is 0 Å². The number of hydrogen-bond acceptors (Lipinski definition) is 1. The van der Waals surface area contributed by atoms with Crippen LogP contribution in [0.1, 0.15) is 33.1 Å². The van der Waals surface area contributed by atoms with Gasteiger partial charge in [-0.05, 0) is 24.7 Å². The molecule has 1 saturated carbocycles. The number of nitrogens with two attached hydrogens (primary N) is 1. The van der Waals surface area contributed by atoms with Crippen LogP contribution in [-0.4, -0.2) is 6.04 Å². The maximum absolute atomic E-state index is 5.71. The third-order valence-electron chi connectivity index (χ3n) is 2.01. The van der Waals surface area contributed by atoms with Gasteiger partial charge in [-0.1, -0.05) is 13.8 Å². The molecular formula is C7H16ClN. The Kier molecular flexibility index (Phi) is 2.97. The van der Waals surface area contributed by atoms with Gasteiger partial charge in [0.1, 0.15) is 0 Å². The maximum atomic E-state index is 5.71. The molecule has 0 bridgehead atoms. The quantitative estimate of drug-likeness (QED) is 0.560. The predicted octanol–water partition coefficient (Wildman–Crippen LogP) is 1.95. The molecule has 0 unspecified atom stereocenters. The molecule has 56 valence electrons. The van der Waals surface area contributed by atoms with Crippen LogP contribution < -0.4 is 5.73 Å². The summed E-state index contributed by atoms with van der Waals surface area (Å²) in [6.07, 6.45) is 3.76. The largest absolute Gasteiger partial charge is 0.328 e. The van der Waals surface area contributed by atoms with Gasteiger partial charge in [-0.3, -0.25) is 0 Å². The predicted molar refractivity (Wildman–Crippen MR) is 42.9 cm³/mol. The Morgan fingerprint density at radius 3 is 2.11 bits per heavy atom. The molecule has 2 heteroatoms. The van der Waals surface area contributed by atoms with E-state index in [1.807, 2.05) is 0 Å². The average molecular weight is 150 g/mol. The van der Waals surface area contributed by atoms with Crippen molar-refractivity contribution in [1.29, 1.82) is 0 Å². The van der Waals surface area contributed by atoms with Crippen molar-refractivity contribution in [3.05, 3.63) is 0 Å². The first-order valence-electron chi connectivity index (χ1n) is 3.36. The molecular weight excluding hydrogens is 134 g/mol. The first kappa shape index (κ1) is 9.25. The van der Waals surface area contributed by atoms with Gasteiger partial charge in [-0.15, -0.1) is 12.4 Å². The van der Waals surface area contributed by atoms with E-state index in [1.165, 1.54) is 19.3 Å². The van der Waals surface area contributed by atoms with E-state index in [2.05, 4.69) is 13.8 Å². The summed E-state index contributed by atoms with van der Waals surface area (Å²) in [6, 6.07) is 0.491. The molecule has 1 aliphatic carbocycles. The minimum Gasteiger partial charge on any atom is -0.328 e. The smallest absolute Gasteiger partial charge is 0.00441 e. The second-order valence-electron chi connectivity index (χ2n) is 3.67. The van der Waals surface area contributed by atoms with Crippen molar-refractivity contribution < 1.29 is 0 Å². The first-order valence-corrected chi connectivity index (χ1v) is 3.36. The maximum Gasteiger partial charge on any atom is 0.00441 e. The van der Waals surface area contributed by atoms with E-state index in [0.717, 1.165) is 0 Å². The molecule has 2 N–H and O–H groups in total. The van der Waals surface area contributed by atoms with Gasteiger partial charge in [0.15, 0.2) is 0 Å². The molecule has 1 rings (SSSR count). The molecule has 0 amide bonds. The lowest BCUT2D eigenvalue weighted by Crippen LogP contribution is -2.16. The third-order valence-corrected chi connectivity index (χ3v) is 2.01. The Labute approximate surface area is 63.4 Å². The van der Waals surface area contributed by atoms with Crippen LogP contribution in [0, 0.1) is 5.41 Å². The lowest BCUT2D eigenvalue weighted by molar-refractivity contribution is 0.376. The standard InChI is InChI=1S/C7H15N.ClH/c1-7(2)4-3-6(8)5-7;/h6H,3-5,8H2,1-2H3;1H/t6-;/m1./s1. The van der Waals surface area contributed by atoms with Crippen LogP contribution in [0.15, 0.2) is 0 Å². The fourth-order valence-electron chi connectivity index (χ4n) is 1.49. The highest BCUT2D eigenvalue weighted by Gasteiger charge is 2.27. The van der Waals surface area contributed by atoms with Gasteiger partial charge in [-0.25, -0.2) is 0 Å². The van der Waals surface area contributed by atoms with E-state index >= 15 is 0 Å². The minimum absolute atomic E-state index is 0. The lowest BCUT2D eigenvalue weighted by atomic mass is 9.92. The van der Waals surface area contributed by atoms with E-state index in [9.17, 15) is 0 Å². The molecule has 0 heterocycles. The topological polar surface area (TPSA) is 26.0 Å². The van der Waals surface area contributed by atoms with Crippen LogP contribution in [0.5, 0.6) is 0 Å². The van der Waals surface area contributed by atoms with Gasteiger partial charge in [0.25, 0.3) is 0 Å². The van der Waals surface area contributed by atoms with Gasteiger partial charge in [0, 0.05) is 6.04 Å². The van der Waals surface area contributed by atoms with Crippen molar-refractivity contribution in [2.75, 3.05) is 0 Å². The third kappa shape index (κ3) is 2.55. The second kappa shape index (κ2) is 2.89. The molecule has 0 aromatic rings. The van der Waals surface area contributed by atoms with Crippen LogP contribution in [0.25, 0.3) is 0 Å². The Morgan fingerprint density at radius 1 is 1.44 bits per heavy atom. The summed E-state index contributed by atoms with van der Waals surface area (Å²) in [5, 5.41) is 0. The summed E-state index contributed by atoms with van der Waals surface area (Å²) < 4.78 is 0. The van der Waals surface area contributed by atoms with Crippen LogP contribution in [0.4, 0.5) is 0 Å². The normalized spacial score (nSPS) is 31.7. The zero-order valence-electron chi connectivity index (χ0n) is 6.18. The number of hydrogen-bond donors (Lipinski definition) is 1. The van der Waals surface area contributed by atoms with Crippen molar-refractivity contribution in [2.24, 2.45) is 11.1 Å². The van der Waals surface area contributed by atoms with Crippen LogP contribution >= 0.6 is 12.4 Å². The molecule has 0 aromatic carbocycles. The Balaban J connectivity index is 0.000000640. The molecule has 0 radical (unpaired) electrons. The number of rotatable bonds is 0. The summed E-state index contributed by atoms with van der Waals surface area (Å²) in [6.45, 7) is 4.58. The monoisotopic (exact) mass is 149 g/mol. The SMILES string of the molecule is CC1(C)CC[C@@H](N)C1.Cl. The Bertz CT molecular complexity index is 90.9. The molecule has 0 saturated heterocycles. The van der Waals surface area contributed by atoms with Crippen LogP contribution in [0.3, 0.4) is 0 Å². The fraction of sp³-hybridized carbons (Fsp3) is 1.00. The lowest BCUT2D eigenvalue weighted by Gasteiger charge is -2.14. The summed E-state index contributed by atoms with van der Waals surface area (Å²) in [5.41, 5.74) is 6.25. The average Bonchev–Trinajstić information content (AvgIpc) is 1.82. The Hall–Kier alpha value is 0.250. The van der Waals surface area contributed by atoms with Gasteiger partial charge in [0.2, 0.25) is 0 Å². The van der Waals surface area contributed by atoms with Gasteiger partial charge >= 0.3 is 0 Å². The molecule has 1 aliphatic rings. The molecule has 0 aromatic heterocycles. The molecule has 0 spiro atoms. The van der Waals surface area contributed by atoms with Crippen molar-refractivity contribution in [3.63, 3.8) is 0 Å². The molecule has 1 fully saturated rings. The molecule has 1 nitrogen and oxygen atoms in total. The highest BCUT2D eigenvalue weighted by Crippen LogP contribution is 2.35. The van der Waals surface area contributed by atoms with Gasteiger partial charge in [0.05, 0.1) is 0 Å². The van der Waals surface area contributed by atoms with Crippen molar-refractivity contribution >= 4 is 12.4 Å². The van der Waals surface area contributed by atoms with E-state index in [-0.39, 0.29) is 12.4 Å². The van der Waals surface area contributed by atoms with Gasteiger partial charge < -0.3 is 5.73 Å². The zero-order valence-corrected chi connectivity index (χ0v) is 7.00. The Morgan fingerprint density at radius 2 is 2.00 bits per heavy atom. The van der Waals surface area contributed by atoms with Gasteiger partial charge in [-0.2, -0.15) is 0 Å². The summed E-state index contributed by atoms with van der Waals surface area (Å²) >= 11 is 0. The van der Waals surface area contributed by atoms with E-state index in [0.29, 0.717) is 11.5 Å². The van der Waals surface area contributed by atoms with E-state index in [1.54, 1.807) is 0 Å². The van der Waals surface area contributed by atoms with Crippen molar-refractivity contribution in [3.8, 4) is 0 Å². The highest BCUT2D eigenvalue weighted by atomic mass is 35.5. The zero-order chi connectivity index (χ0) is 6.20. The summed E-state index contributed by atoms with van der Waals surface area (Å²) in [4.78, 5) is 0. The molecule has 0 aliphatic heterocycles. The number of halogens is 1. The van der Waals surface area contributed by atoms with E-state index in [4.69, 9.17) is 5.73 Å². The molecule has 9 heavy (non-hydrogen) atoms. The summed E-state index contributed by atoms with van der Waals surface area (Å²) in [5.74, 6) is 0. The summed E-state index contributed by atoms with van der Waals surface area (Å²) in [7, 11) is 0. The first-order chi connectivity index (χ1) is 3.60.